The van der Waals surface area contributed by atoms with Gasteiger partial charge in [-0.1, -0.05) is 35.9 Å². The summed E-state index contributed by atoms with van der Waals surface area (Å²) in [5.41, 5.74) is 4.31. The molecule has 0 aliphatic rings. The van der Waals surface area contributed by atoms with E-state index in [2.05, 4.69) is 15.8 Å². The second-order valence-electron chi connectivity index (χ2n) is 6.34. The molecule has 0 aliphatic heterocycles. The van der Waals surface area contributed by atoms with E-state index in [1.165, 1.54) is 13.3 Å². The minimum absolute atomic E-state index is 0.392. The zero-order chi connectivity index (χ0) is 22.1. The lowest BCUT2D eigenvalue weighted by atomic mass is 10.2. The summed E-state index contributed by atoms with van der Waals surface area (Å²) in [6.45, 7) is 0.419. The minimum Gasteiger partial charge on any atom is -0.495 e. The Morgan fingerprint density at radius 1 is 0.968 bits per heavy atom. The predicted octanol–water partition coefficient (Wildman–Crippen LogP) is 4.02. The molecule has 3 aromatic carbocycles. The van der Waals surface area contributed by atoms with Crippen LogP contribution in [0.25, 0.3) is 0 Å². The van der Waals surface area contributed by atoms with Crippen molar-refractivity contribution in [2.45, 2.75) is 6.61 Å². The van der Waals surface area contributed by atoms with Crippen LogP contribution in [0.4, 0.5) is 5.69 Å². The summed E-state index contributed by atoms with van der Waals surface area (Å²) < 4.78 is 10.8. The van der Waals surface area contributed by atoms with Crippen LogP contribution >= 0.6 is 11.6 Å². The van der Waals surface area contributed by atoms with Gasteiger partial charge >= 0.3 is 11.8 Å². The second-order valence-corrected chi connectivity index (χ2v) is 6.77. The van der Waals surface area contributed by atoms with Gasteiger partial charge in [0.05, 0.1) is 19.0 Å². The molecule has 0 aromatic heterocycles. The highest BCUT2D eigenvalue weighted by molar-refractivity contribution is 6.39. The van der Waals surface area contributed by atoms with Crippen LogP contribution in [0.3, 0.4) is 0 Å². The molecule has 0 saturated carbocycles. The first-order valence-electron chi connectivity index (χ1n) is 9.30. The number of para-hydroxylation sites is 2. The van der Waals surface area contributed by atoms with Crippen molar-refractivity contribution in [2.24, 2.45) is 5.10 Å². The van der Waals surface area contributed by atoms with Gasteiger partial charge in [-0.15, -0.1) is 0 Å². The highest BCUT2D eigenvalue weighted by Crippen LogP contribution is 2.22. The van der Waals surface area contributed by atoms with E-state index in [1.54, 1.807) is 48.5 Å². The molecule has 0 fully saturated rings. The second kappa shape index (κ2) is 10.8. The Hall–Kier alpha value is -3.84. The topological polar surface area (TPSA) is 89.0 Å². The van der Waals surface area contributed by atoms with Gasteiger partial charge in [0.25, 0.3) is 0 Å². The standard InChI is InChI=1S/C23H20ClN3O4/c1-30-21-5-3-2-4-20(21)26-22(28)23(29)27-25-14-16-8-12-19(13-9-16)31-15-17-6-10-18(24)11-7-17/h2-14H,15H2,1H3,(H,26,28)(H,27,29). The zero-order valence-electron chi connectivity index (χ0n) is 16.7. The monoisotopic (exact) mass is 437 g/mol. The van der Waals surface area contributed by atoms with Crippen LogP contribution in [0.5, 0.6) is 11.5 Å². The van der Waals surface area contributed by atoms with Crippen molar-refractivity contribution in [3.63, 3.8) is 0 Å². The van der Waals surface area contributed by atoms with Gasteiger partial charge in [0.1, 0.15) is 18.1 Å². The quantitative estimate of drug-likeness (QED) is 0.332. The molecule has 0 atom stereocenters. The van der Waals surface area contributed by atoms with E-state index in [9.17, 15) is 9.59 Å². The minimum atomic E-state index is -0.898. The molecule has 8 heteroatoms. The summed E-state index contributed by atoms with van der Waals surface area (Å²) in [5.74, 6) is -0.615. The molecule has 0 heterocycles. The number of hydrogen-bond donors (Lipinski definition) is 2. The lowest BCUT2D eigenvalue weighted by Crippen LogP contribution is -2.32. The highest BCUT2D eigenvalue weighted by atomic mass is 35.5. The maximum absolute atomic E-state index is 12.0. The number of benzene rings is 3. The molecule has 0 unspecified atom stereocenters. The van der Waals surface area contributed by atoms with E-state index >= 15 is 0 Å². The fourth-order valence-corrected chi connectivity index (χ4v) is 2.67. The van der Waals surface area contributed by atoms with Gasteiger partial charge in [0.15, 0.2) is 0 Å². The number of methoxy groups -OCH3 is 1. The Labute approximate surface area is 184 Å². The molecule has 0 radical (unpaired) electrons. The normalized spacial score (nSPS) is 10.5. The van der Waals surface area contributed by atoms with Crippen LogP contribution in [0.2, 0.25) is 5.02 Å². The van der Waals surface area contributed by atoms with Crippen molar-refractivity contribution in [1.82, 2.24) is 5.43 Å². The first kappa shape index (κ1) is 21.9. The smallest absolute Gasteiger partial charge is 0.329 e. The van der Waals surface area contributed by atoms with E-state index in [0.717, 1.165) is 11.1 Å². The average molecular weight is 438 g/mol. The van der Waals surface area contributed by atoms with Crippen molar-refractivity contribution in [2.75, 3.05) is 12.4 Å². The number of carbonyl (C=O) groups excluding carboxylic acids is 2. The molecule has 0 saturated heterocycles. The third-order valence-corrected chi connectivity index (χ3v) is 4.39. The average Bonchev–Trinajstić information content (AvgIpc) is 2.80. The molecule has 31 heavy (non-hydrogen) atoms. The number of hydrogen-bond acceptors (Lipinski definition) is 5. The van der Waals surface area contributed by atoms with Gasteiger partial charge in [-0.2, -0.15) is 5.10 Å². The fourth-order valence-electron chi connectivity index (χ4n) is 2.54. The van der Waals surface area contributed by atoms with E-state index < -0.39 is 11.8 Å². The summed E-state index contributed by atoms with van der Waals surface area (Å²) in [4.78, 5) is 23.9. The molecule has 0 spiro atoms. The van der Waals surface area contributed by atoms with Gasteiger partial charge < -0.3 is 14.8 Å². The number of halogens is 1. The zero-order valence-corrected chi connectivity index (χ0v) is 17.4. The molecule has 0 aliphatic carbocycles. The highest BCUT2D eigenvalue weighted by Gasteiger charge is 2.14. The van der Waals surface area contributed by atoms with Crippen LogP contribution in [0, 0.1) is 0 Å². The number of nitrogens with one attached hydrogen (secondary N) is 2. The Balaban J connectivity index is 1.48. The lowest BCUT2D eigenvalue weighted by molar-refractivity contribution is -0.136. The number of carbonyl (C=O) groups is 2. The first-order valence-corrected chi connectivity index (χ1v) is 9.67. The number of nitrogens with zero attached hydrogens (tertiary/aromatic N) is 1. The molecular formula is C23H20ClN3O4. The maximum Gasteiger partial charge on any atom is 0.329 e. The Morgan fingerprint density at radius 3 is 2.39 bits per heavy atom. The van der Waals surface area contributed by atoms with E-state index in [-0.39, 0.29) is 0 Å². The van der Waals surface area contributed by atoms with Crippen LogP contribution in [-0.4, -0.2) is 25.1 Å². The lowest BCUT2D eigenvalue weighted by Gasteiger charge is -2.08. The van der Waals surface area contributed by atoms with Gasteiger partial charge in [0.2, 0.25) is 0 Å². The molecule has 2 N–H and O–H groups in total. The van der Waals surface area contributed by atoms with Crippen LogP contribution in [-0.2, 0) is 16.2 Å². The molecule has 3 aromatic rings. The molecule has 3 rings (SSSR count). The number of ether oxygens (including phenoxy) is 2. The van der Waals surface area contributed by atoms with E-state index in [1.807, 2.05) is 24.3 Å². The molecule has 0 bridgehead atoms. The van der Waals surface area contributed by atoms with Crippen molar-refractivity contribution < 1.29 is 19.1 Å². The van der Waals surface area contributed by atoms with Gasteiger partial charge in [0, 0.05) is 5.02 Å². The molecular weight excluding hydrogens is 418 g/mol. The summed E-state index contributed by atoms with van der Waals surface area (Å²) >= 11 is 5.87. The summed E-state index contributed by atoms with van der Waals surface area (Å²) in [6.07, 6.45) is 1.43. The molecule has 158 valence electrons. The van der Waals surface area contributed by atoms with Gasteiger partial charge in [-0.25, -0.2) is 5.43 Å². The maximum atomic E-state index is 12.0. The third-order valence-electron chi connectivity index (χ3n) is 4.14. The molecule has 2 amide bonds. The Morgan fingerprint density at radius 2 is 1.68 bits per heavy atom. The number of rotatable bonds is 7. The van der Waals surface area contributed by atoms with Crippen LogP contribution in [0.15, 0.2) is 77.9 Å². The summed E-state index contributed by atoms with van der Waals surface area (Å²) in [5, 5.41) is 6.96. The van der Waals surface area contributed by atoms with Gasteiger partial charge in [-0.3, -0.25) is 9.59 Å². The van der Waals surface area contributed by atoms with E-state index in [4.69, 9.17) is 21.1 Å². The largest absolute Gasteiger partial charge is 0.495 e. The van der Waals surface area contributed by atoms with Crippen molar-refractivity contribution in [3.05, 3.63) is 88.9 Å². The predicted molar refractivity (Wildman–Crippen MR) is 120 cm³/mol. The number of hydrazone groups is 1. The fraction of sp³-hybridized carbons (Fsp3) is 0.0870. The van der Waals surface area contributed by atoms with Gasteiger partial charge in [-0.05, 0) is 59.7 Å². The van der Waals surface area contributed by atoms with Crippen LogP contribution < -0.4 is 20.2 Å². The van der Waals surface area contributed by atoms with Crippen molar-refractivity contribution in [3.8, 4) is 11.5 Å². The third kappa shape index (κ3) is 6.58. The van der Waals surface area contributed by atoms with E-state index in [0.29, 0.717) is 28.8 Å². The Kier molecular flexibility index (Phi) is 7.61. The summed E-state index contributed by atoms with van der Waals surface area (Å²) in [7, 11) is 1.48. The van der Waals surface area contributed by atoms with Crippen molar-refractivity contribution in [1.29, 1.82) is 0 Å². The van der Waals surface area contributed by atoms with Crippen molar-refractivity contribution >= 4 is 35.3 Å². The number of amides is 2. The molecule has 7 nitrogen and oxygen atoms in total. The Bertz CT molecular complexity index is 1070. The summed E-state index contributed by atoms with van der Waals surface area (Å²) in [6, 6.07) is 21.3. The first-order chi connectivity index (χ1) is 15.0. The number of anilines is 1. The van der Waals surface area contributed by atoms with Crippen LogP contribution in [0.1, 0.15) is 11.1 Å². The SMILES string of the molecule is COc1ccccc1NC(=O)C(=O)NN=Cc1ccc(OCc2ccc(Cl)cc2)cc1.